The molecule has 1 amide bonds. The van der Waals surface area contributed by atoms with Gasteiger partial charge >= 0.3 is 5.97 Å². The summed E-state index contributed by atoms with van der Waals surface area (Å²) >= 11 is 12.8. The van der Waals surface area contributed by atoms with Crippen molar-refractivity contribution in [1.29, 1.82) is 0 Å². The topological polar surface area (TPSA) is 96.4 Å². The average molecular weight is 535 g/mol. The Kier molecular flexibility index (Phi) is 7.91. The van der Waals surface area contributed by atoms with Crippen LogP contribution in [-0.2, 0) is 16.0 Å². The van der Waals surface area contributed by atoms with Crippen molar-refractivity contribution in [2.75, 3.05) is 0 Å². The second-order valence-corrected chi connectivity index (χ2v) is 9.79. The summed E-state index contributed by atoms with van der Waals surface area (Å²) in [6.45, 7) is 1.71. The van der Waals surface area contributed by atoms with Gasteiger partial charge in [0.2, 0.25) is 0 Å². The Morgan fingerprint density at radius 3 is 2.41 bits per heavy atom. The molecule has 1 aromatic heterocycles. The van der Waals surface area contributed by atoms with Gasteiger partial charge in [0.05, 0.1) is 21.7 Å². The third-order valence-corrected chi connectivity index (χ3v) is 6.85. The number of aliphatic carboxylic acids is 1. The van der Waals surface area contributed by atoms with E-state index < -0.39 is 23.3 Å². The van der Waals surface area contributed by atoms with Crippen LogP contribution in [0.25, 0.3) is 5.57 Å². The number of carboxylic acid groups (broad SMARTS) is 1. The number of aromatic nitrogens is 1. The zero-order valence-electron chi connectivity index (χ0n) is 19.9. The Labute approximate surface area is 224 Å². The number of Topliss-reactive ketones (excluding diaryl/α,β-unsaturated/α-hetero) is 1. The first-order valence-corrected chi connectivity index (χ1v) is 12.3. The predicted molar refractivity (Wildman–Crippen MR) is 143 cm³/mol. The van der Waals surface area contributed by atoms with E-state index in [-0.39, 0.29) is 39.8 Å². The van der Waals surface area contributed by atoms with Crippen LogP contribution < -0.4 is 5.32 Å². The van der Waals surface area contributed by atoms with Crippen LogP contribution >= 0.6 is 23.2 Å². The number of hydrogen-bond donors (Lipinski definition) is 2. The van der Waals surface area contributed by atoms with Gasteiger partial charge < -0.3 is 10.4 Å². The van der Waals surface area contributed by atoms with E-state index in [9.17, 15) is 19.5 Å². The summed E-state index contributed by atoms with van der Waals surface area (Å²) < 4.78 is 0. The van der Waals surface area contributed by atoms with Crippen LogP contribution in [0.3, 0.4) is 0 Å². The average Bonchev–Trinajstić information content (AvgIpc) is 2.87. The maximum Gasteiger partial charge on any atom is 0.326 e. The van der Waals surface area contributed by atoms with Crippen molar-refractivity contribution in [3.63, 3.8) is 0 Å². The van der Waals surface area contributed by atoms with E-state index in [1.807, 2.05) is 30.3 Å². The molecule has 0 saturated heterocycles. The van der Waals surface area contributed by atoms with E-state index in [0.717, 1.165) is 5.56 Å². The molecule has 3 aromatic rings. The fraction of sp³-hybridized carbons (Fsp3) is 0.172. The molecule has 0 saturated carbocycles. The molecule has 0 fully saturated rings. The SMILES string of the molecule is Cc1cccc(Cl)c1C(=O)N[C@@H](CC1(Cc2ccccc2)C=C(Cl)C=C(c2ccccn2)C1=O)C(=O)O. The van der Waals surface area contributed by atoms with E-state index in [2.05, 4.69) is 10.3 Å². The first-order valence-electron chi connectivity index (χ1n) is 11.6. The van der Waals surface area contributed by atoms with Crippen molar-refractivity contribution in [3.8, 4) is 0 Å². The number of carbonyl (C=O) groups excluding carboxylic acids is 2. The highest BCUT2D eigenvalue weighted by atomic mass is 35.5. The number of benzene rings is 2. The highest BCUT2D eigenvalue weighted by Crippen LogP contribution is 2.42. The smallest absolute Gasteiger partial charge is 0.326 e. The number of carbonyl (C=O) groups is 3. The van der Waals surface area contributed by atoms with Crippen molar-refractivity contribution < 1.29 is 19.5 Å². The lowest BCUT2D eigenvalue weighted by atomic mass is 9.68. The molecule has 6 nitrogen and oxygen atoms in total. The molecule has 1 unspecified atom stereocenters. The van der Waals surface area contributed by atoms with Crippen molar-refractivity contribution in [2.24, 2.45) is 5.41 Å². The largest absolute Gasteiger partial charge is 0.480 e. The number of aryl methyl sites for hydroxylation is 1. The van der Waals surface area contributed by atoms with E-state index >= 15 is 0 Å². The first-order chi connectivity index (χ1) is 17.7. The molecule has 0 spiro atoms. The number of hydrogen-bond acceptors (Lipinski definition) is 4. The molecule has 2 atom stereocenters. The lowest BCUT2D eigenvalue weighted by molar-refractivity contribution is -0.140. The number of amides is 1. The standard InChI is InChI=1S/C29H24Cl2N2O4/c1-18-8-7-11-22(31)25(18)27(35)33-24(28(36)37)17-29(15-19-9-3-2-4-10-19)16-20(30)14-21(26(29)34)23-12-5-6-13-32-23/h2-14,16,24H,15,17H2,1H3,(H,33,35)(H,36,37)/t24-,29?/m0/s1. The van der Waals surface area contributed by atoms with Crippen molar-refractivity contribution in [2.45, 2.75) is 25.8 Å². The Balaban J connectivity index is 1.75. The minimum absolute atomic E-state index is 0.178. The van der Waals surface area contributed by atoms with Gasteiger partial charge in [0.25, 0.3) is 5.91 Å². The summed E-state index contributed by atoms with van der Waals surface area (Å²) in [6.07, 6.45) is 4.64. The Hall–Kier alpha value is -3.74. The van der Waals surface area contributed by atoms with E-state index in [1.54, 1.807) is 55.6 Å². The third-order valence-electron chi connectivity index (χ3n) is 6.32. The van der Waals surface area contributed by atoms with Crippen LogP contribution in [0.5, 0.6) is 0 Å². The van der Waals surface area contributed by atoms with Crippen LogP contribution in [0.4, 0.5) is 0 Å². The van der Waals surface area contributed by atoms with Gasteiger partial charge in [0, 0.05) is 16.8 Å². The molecular weight excluding hydrogens is 511 g/mol. The van der Waals surface area contributed by atoms with Gasteiger partial charge in [-0.3, -0.25) is 14.6 Å². The normalized spacial score (nSPS) is 18.0. The maximum absolute atomic E-state index is 14.1. The van der Waals surface area contributed by atoms with Crippen LogP contribution in [0.15, 0.2) is 90.1 Å². The van der Waals surface area contributed by atoms with Gasteiger partial charge in [0.15, 0.2) is 5.78 Å². The molecule has 0 bridgehead atoms. The molecule has 4 rings (SSSR count). The van der Waals surface area contributed by atoms with Crippen LogP contribution in [-0.4, -0.2) is 33.8 Å². The van der Waals surface area contributed by atoms with Gasteiger partial charge in [-0.1, -0.05) is 77.8 Å². The first kappa shape index (κ1) is 26.3. The summed E-state index contributed by atoms with van der Waals surface area (Å²) in [7, 11) is 0. The van der Waals surface area contributed by atoms with Crippen molar-refractivity contribution in [3.05, 3.63) is 118 Å². The fourth-order valence-corrected chi connectivity index (χ4v) is 5.21. The van der Waals surface area contributed by atoms with Gasteiger partial charge in [-0.05, 0) is 55.2 Å². The molecule has 2 aromatic carbocycles. The second kappa shape index (κ2) is 11.1. The molecule has 188 valence electrons. The minimum atomic E-state index is -1.40. The summed E-state index contributed by atoms with van der Waals surface area (Å²) in [4.78, 5) is 43.9. The van der Waals surface area contributed by atoms with Gasteiger partial charge in [-0.2, -0.15) is 0 Å². The molecule has 1 aliphatic carbocycles. The fourth-order valence-electron chi connectivity index (χ4n) is 4.58. The van der Waals surface area contributed by atoms with E-state index in [4.69, 9.17) is 23.2 Å². The van der Waals surface area contributed by atoms with Gasteiger partial charge in [-0.25, -0.2) is 4.79 Å². The molecule has 2 N–H and O–H groups in total. The van der Waals surface area contributed by atoms with E-state index in [1.165, 1.54) is 6.08 Å². The summed E-state index contributed by atoms with van der Waals surface area (Å²) in [5.74, 6) is -2.24. The molecule has 0 radical (unpaired) electrons. The Bertz CT molecular complexity index is 1380. The maximum atomic E-state index is 14.1. The summed E-state index contributed by atoms with van der Waals surface area (Å²) in [5.41, 5.74) is 0.957. The molecule has 1 aliphatic rings. The predicted octanol–water partition coefficient (Wildman–Crippen LogP) is 5.63. The number of halogens is 2. The number of pyridine rings is 1. The zero-order valence-corrected chi connectivity index (χ0v) is 21.5. The minimum Gasteiger partial charge on any atom is -0.480 e. The number of carboxylic acids is 1. The number of rotatable bonds is 8. The lowest BCUT2D eigenvalue weighted by Crippen LogP contribution is -2.47. The monoisotopic (exact) mass is 534 g/mol. The van der Waals surface area contributed by atoms with Gasteiger partial charge in [-0.15, -0.1) is 0 Å². The highest BCUT2D eigenvalue weighted by Gasteiger charge is 2.45. The number of nitrogens with one attached hydrogen (secondary N) is 1. The summed E-state index contributed by atoms with van der Waals surface area (Å²) in [6, 6.07) is 18.0. The van der Waals surface area contributed by atoms with Crippen LogP contribution in [0.2, 0.25) is 5.02 Å². The zero-order chi connectivity index (χ0) is 26.6. The Morgan fingerprint density at radius 2 is 1.76 bits per heavy atom. The van der Waals surface area contributed by atoms with Crippen LogP contribution in [0.1, 0.15) is 33.6 Å². The Morgan fingerprint density at radius 1 is 1.03 bits per heavy atom. The third kappa shape index (κ3) is 5.82. The van der Waals surface area contributed by atoms with Crippen molar-refractivity contribution in [1.82, 2.24) is 10.3 Å². The highest BCUT2D eigenvalue weighted by molar-refractivity contribution is 6.36. The molecule has 37 heavy (non-hydrogen) atoms. The van der Waals surface area contributed by atoms with Crippen LogP contribution in [0, 0.1) is 12.3 Å². The lowest BCUT2D eigenvalue weighted by Gasteiger charge is -2.35. The molecule has 8 heteroatoms. The molecule has 0 aliphatic heterocycles. The quantitative estimate of drug-likeness (QED) is 0.390. The number of allylic oxidation sites excluding steroid dienone is 4. The van der Waals surface area contributed by atoms with Gasteiger partial charge in [0.1, 0.15) is 6.04 Å². The second-order valence-electron chi connectivity index (χ2n) is 8.95. The van der Waals surface area contributed by atoms with E-state index in [0.29, 0.717) is 11.3 Å². The number of ketones is 1. The summed E-state index contributed by atoms with van der Waals surface area (Å²) in [5, 5.41) is 13.2. The molecular formula is C29H24Cl2N2O4. The molecule has 1 heterocycles. The number of nitrogens with zero attached hydrogens (tertiary/aromatic N) is 1. The van der Waals surface area contributed by atoms with Crippen molar-refractivity contribution >= 4 is 46.4 Å².